The number of benzene rings is 1. The van der Waals surface area contributed by atoms with Gasteiger partial charge in [0.2, 0.25) is 5.91 Å². The molecule has 2 heterocycles. The van der Waals surface area contributed by atoms with Crippen LogP contribution in [-0.4, -0.2) is 42.0 Å². The van der Waals surface area contributed by atoms with Crippen LogP contribution in [0, 0.1) is 6.92 Å². The lowest BCUT2D eigenvalue weighted by Gasteiger charge is -2.24. The maximum Gasteiger partial charge on any atom is 0.234 e. The highest BCUT2D eigenvalue weighted by atomic mass is 35.5. The summed E-state index contributed by atoms with van der Waals surface area (Å²) in [5.74, 6) is 0.0356. The van der Waals surface area contributed by atoms with Crippen LogP contribution in [0.2, 0.25) is 9.36 Å². The van der Waals surface area contributed by atoms with Crippen molar-refractivity contribution < 1.29 is 4.79 Å². The van der Waals surface area contributed by atoms with Gasteiger partial charge in [0.25, 0.3) is 0 Å². The standard InChI is InChI=1S/C20H23Cl2N3OS2/c1-4-24(5-2)10-11-25(18(26)12-14-6-9-17(22)27-14)20-23-19-13(3)15(21)7-8-16(19)28-20/h6-9H,4-5,10-12H2,1-3H3. The number of aryl methyl sites for hydroxylation is 1. The van der Waals surface area contributed by atoms with Gasteiger partial charge in [-0.15, -0.1) is 11.3 Å². The average molecular weight is 456 g/mol. The zero-order valence-corrected chi connectivity index (χ0v) is 19.3. The Morgan fingerprint density at radius 3 is 2.46 bits per heavy atom. The van der Waals surface area contributed by atoms with Crippen molar-refractivity contribution in [3.63, 3.8) is 0 Å². The van der Waals surface area contributed by atoms with Gasteiger partial charge in [0.1, 0.15) is 0 Å². The van der Waals surface area contributed by atoms with Gasteiger partial charge in [-0.1, -0.05) is 48.4 Å². The molecule has 0 spiro atoms. The number of carbonyl (C=O) groups is 1. The fraction of sp³-hybridized carbons (Fsp3) is 0.400. The second-order valence-corrected chi connectivity index (χ2v) is 9.69. The van der Waals surface area contributed by atoms with Crippen LogP contribution in [-0.2, 0) is 11.2 Å². The van der Waals surface area contributed by atoms with E-state index in [2.05, 4.69) is 18.7 Å². The highest BCUT2D eigenvalue weighted by molar-refractivity contribution is 7.22. The first-order valence-corrected chi connectivity index (χ1v) is 11.6. The summed E-state index contributed by atoms with van der Waals surface area (Å²) < 4.78 is 1.74. The Balaban J connectivity index is 1.90. The number of hydrogen-bond acceptors (Lipinski definition) is 5. The number of amides is 1. The normalized spacial score (nSPS) is 11.5. The van der Waals surface area contributed by atoms with E-state index < -0.39 is 0 Å². The first kappa shape index (κ1) is 21.5. The summed E-state index contributed by atoms with van der Waals surface area (Å²) in [5, 5.41) is 1.42. The molecule has 0 aliphatic rings. The quantitative estimate of drug-likeness (QED) is 0.424. The molecule has 28 heavy (non-hydrogen) atoms. The molecular weight excluding hydrogens is 433 g/mol. The van der Waals surface area contributed by atoms with Gasteiger partial charge in [-0.05, 0) is 49.8 Å². The van der Waals surface area contributed by atoms with Crippen LogP contribution in [0.5, 0.6) is 0 Å². The second-order valence-electron chi connectivity index (χ2n) is 6.47. The van der Waals surface area contributed by atoms with E-state index in [1.807, 2.05) is 36.1 Å². The number of thiophene rings is 1. The number of carbonyl (C=O) groups excluding carboxylic acids is 1. The second kappa shape index (κ2) is 9.55. The number of thiazole rings is 1. The number of rotatable bonds is 8. The third-order valence-electron chi connectivity index (χ3n) is 4.76. The maximum absolute atomic E-state index is 13.2. The average Bonchev–Trinajstić information content (AvgIpc) is 3.28. The van der Waals surface area contributed by atoms with Crippen LogP contribution in [0.3, 0.4) is 0 Å². The topological polar surface area (TPSA) is 36.4 Å². The smallest absolute Gasteiger partial charge is 0.234 e. The van der Waals surface area contributed by atoms with E-state index in [0.717, 1.165) is 45.4 Å². The molecule has 3 rings (SSSR count). The number of nitrogens with zero attached hydrogens (tertiary/aromatic N) is 3. The van der Waals surface area contributed by atoms with Gasteiger partial charge in [-0.25, -0.2) is 4.98 Å². The zero-order chi connectivity index (χ0) is 20.3. The van der Waals surface area contributed by atoms with Gasteiger partial charge in [0, 0.05) is 23.0 Å². The number of halogens is 2. The van der Waals surface area contributed by atoms with E-state index in [4.69, 9.17) is 28.2 Å². The minimum atomic E-state index is 0.0356. The van der Waals surface area contributed by atoms with E-state index >= 15 is 0 Å². The molecule has 0 saturated carbocycles. The summed E-state index contributed by atoms with van der Waals surface area (Å²) in [5.41, 5.74) is 1.81. The molecule has 0 fully saturated rings. The molecule has 3 aromatic rings. The van der Waals surface area contributed by atoms with E-state index in [-0.39, 0.29) is 5.91 Å². The molecule has 1 aromatic carbocycles. The van der Waals surface area contributed by atoms with Crippen LogP contribution in [0.1, 0.15) is 24.3 Å². The molecule has 1 amide bonds. The zero-order valence-electron chi connectivity index (χ0n) is 16.2. The first-order valence-electron chi connectivity index (χ1n) is 9.25. The van der Waals surface area contributed by atoms with Crippen molar-refractivity contribution in [2.75, 3.05) is 31.1 Å². The third-order valence-corrected chi connectivity index (χ3v) is 7.44. The van der Waals surface area contributed by atoms with Crippen LogP contribution < -0.4 is 4.90 Å². The molecular formula is C20H23Cl2N3OS2. The number of fused-ring (bicyclic) bond motifs is 1. The lowest BCUT2D eigenvalue weighted by atomic mass is 10.2. The number of hydrogen-bond donors (Lipinski definition) is 0. The van der Waals surface area contributed by atoms with E-state index in [1.165, 1.54) is 22.7 Å². The number of aromatic nitrogens is 1. The monoisotopic (exact) mass is 455 g/mol. The summed E-state index contributed by atoms with van der Waals surface area (Å²) in [6, 6.07) is 7.60. The molecule has 0 unspecified atom stereocenters. The Bertz CT molecular complexity index is 966. The van der Waals surface area contributed by atoms with Gasteiger partial charge < -0.3 is 4.90 Å². The van der Waals surface area contributed by atoms with Crippen LogP contribution in [0.25, 0.3) is 10.2 Å². The maximum atomic E-state index is 13.2. The van der Waals surface area contributed by atoms with Crippen LogP contribution in [0.15, 0.2) is 24.3 Å². The summed E-state index contributed by atoms with van der Waals surface area (Å²) in [4.78, 5) is 23.0. The molecule has 0 radical (unpaired) electrons. The fourth-order valence-electron chi connectivity index (χ4n) is 3.00. The van der Waals surface area contributed by atoms with Gasteiger partial charge >= 0.3 is 0 Å². The van der Waals surface area contributed by atoms with Crippen molar-refractivity contribution >= 4 is 67.1 Å². The highest BCUT2D eigenvalue weighted by Gasteiger charge is 2.22. The summed E-state index contributed by atoms with van der Waals surface area (Å²) in [7, 11) is 0. The van der Waals surface area contributed by atoms with Crippen LogP contribution in [0.4, 0.5) is 5.13 Å². The predicted octanol–water partition coefficient (Wildman–Crippen LogP) is 5.89. The van der Waals surface area contributed by atoms with Crippen molar-refractivity contribution in [1.29, 1.82) is 0 Å². The molecule has 0 bridgehead atoms. The SMILES string of the molecule is CCN(CC)CCN(C(=O)Cc1ccc(Cl)s1)c1nc2c(C)c(Cl)ccc2s1. The Labute approximate surface area is 183 Å². The van der Waals surface area contributed by atoms with E-state index in [0.29, 0.717) is 22.3 Å². The van der Waals surface area contributed by atoms with Gasteiger partial charge in [-0.3, -0.25) is 9.69 Å². The Hall–Kier alpha value is -1.18. The summed E-state index contributed by atoms with van der Waals surface area (Å²) in [6.07, 6.45) is 0.325. The Kier molecular flexibility index (Phi) is 7.34. The highest BCUT2D eigenvalue weighted by Crippen LogP contribution is 2.34. The van der Waals surface area contributed by atoms with E-state index in [9.17, 15) is 4.79 Å². The van der Waals surface area contributed by atoms with Crippen LogP contribution >= 0.6 is 45.9 Å². The first-order chi connectivity index (χ1) is 13.4. The molecule has 2 aromatic heterocycles. The summed E-state index contributed by atoms with van der Waals surface area (Å²) >= 11 is 15.3. The van der Waals surface area contributed by atoms with Crippen molar-refractivity contribution in [2.24, 2.45) is 0 Å². The van der Waals surface area contributed by atoms with Crippen molar-refractivity contribution in [1.82, 2.24) is 9.88 Å². The molecule has 150 valence electrons. The Morgan fingerprint density at radius 1 is 1.07 bits per heavy atom. The predicted molar refractivity (Wildman–Crippen MR) is 123 cm³/mol. The minimum absolute atomic E-state index is 0.0356. The minimum Gasteiger partial charge on any atom is -0.302 e. The number of anilines is 1. The van der Waals surface area contributed by atoms with Gasteiger partial charge in [-0.2, -0.15) is 0 Å². The molecule has 0 atom stereocenters. The van der Waals surface area contributed by atoms with E-state index in [1.54, 1.807) is 0 Å². The summed E-state index contributed by atoms with van der Waals surface area (Å²) in [6.45, 7) is 9.54. The largest absolute Gasteiger partial charge is 0.302 e. The lowest BCUT2D eigenvalue weighted by molar-refractivity contribution is -0.118. The molecule has 8 heteroatoms. The van der Waals surface area contributed by atoms with Gasteiger partial charge in [0.05, 0.1) is 21.0 Å². The third kappa shape index (κ3) is 4.86. The Morgan fingerprint density at radius 2 is 1.82 bits per heavy atom. The van der Waals surface area contributed by atoms with Gasteiger partial charge in [0.15, 0.2) is 5.13 Å². The fourth-order valence-corrected chi connectivity index (χ4v) is 5.30. The molecule has 0 N–H and O–H groups in total. The van der Waals surface area contributed by atoms with Crippen molar-refractivity contribution in [3.8, 4) is 0 Å². The van der Waals surface area contributed by atoms with Crippen molar-refractivity contribution in [2.45, 2.75) is 27.2 Å². The lowest BCUT2D eigenvalue weighted by Crippen LogP contribution is -2.39. The molecule has 0 saturated heterocycles. The molecule has 0 aliphatic carbocycles. The molecule has 4 nitrogen and oxygen atoms in total. The number of likely N-dealkylation sites (N-methyl/N-ethyl adjacent to an activating group) is 1. The van der Waals surface area contributed by atoms with Crippen molar-refractivity contribution in [3.05, 3.63) is 44.1 Å². The molecule has 0 aliphatic heterocycles.